The van der Waals surface area contributed by atoms with E-state index in [9.17, 15) is 4.79 Å². The normalized spacial score (nSPS) is 16.6. The summed E-state index contributed by atoms with van der Waals surface area (Å²) >= 11 is 7.79. The summed E-state index contributed by atoms with van der Waals surface area (Å²) < 4.78 is 5.67. The van der Waals surface area contributed by atoms with E-state index >= 15 is 0 Å². The molecule has 0 N–H and O–H groups in total. The Kier molecular flexibility index (Phi) is 6.93. The highest BCUT2D eigenvalue weighted by atomic mass is 35.5. The van der Waals surface area contributed by atoms with Crippen LogP contribution in [0.25, 0.3) is 10.2 Å². The Labute approximate surface area is 209 Å². The van der Waals surface area contributed by atoms with E-state index in [4.69, 9.17) is 26.3 Å². The number of fused-ring (bicyclic) bond motifs is 3. The number of rotatable bonds is 5. The van der Waals surface area contributed by atoms with Crippen molar-refractivity contribution in [2.75, 3.05) is 37.7 Å². The zero-order valence-electron chi connectivity index (χ0n) is 19.8. The highest BCUT2D eigenvalue weighted by Crippen LogP contribution is 2.40. The minimum atomic E-state index is 0.00899. The molecule has 34 heavy (non-hydrogen) atoms. The molecule has 6 nitrogen and oxygen atoms in total. The molecular formula is C26H31ClN4O2S. The van der Waals surface area contributed by atoms with Gasteiger partial charge >= 0.3 is 0 Å². The van der Waals surface area contributed by atoms with Gasteiger partial charge in [0.15, 0.2) is 6.61 Å². The summed E-state index contributed by atoms with van der Waals surface area (Å²) in [6, 6.07) is 7.09. The molecule has 2 aliphatic rings. The Morgan fingerprint density at radius 2 is 1.79 bits per heavy atom. The highest BCUT2D eigenvalue weighted by molar-refractivity contribution is 7.19. The third kappa shape index (κ3) is 4.86. The average molecular weight is 499 g/mol. The molecule has 8 heteroatoms. The number of aryl methyl sites for hydroxylation is 2. The van der Waals surface area contributed by atoms with Crippen LogP contribution in [0.4, 0.5) is 5.82 Å². The van der Waals surface area contributed by atoms with E-state index in [0.29, 0.717) is 23.9 Å². The number of halogens is 1. The predicted molar refractivity (Wildman–Crippen MR) is 139 cm³/mol. The summed E-state index contributed by atoms with van der Waals surface area (Å²) in [7, 11) is 0. The van der Waals surface area contributed by atoms with Crippen LogP contribution in [0.15, 0.2) is 24.3 Å². The summed E-state index contributed by atoms with van der Waals surface area (Å²) in [4.78, 5) is 29.7. The number of carbonyl (C=O) groups excluding carboxylic acids is 1. The van der Waals surface area contributed by atoms with Crippen molar-refractivity contribution < 1.29 is 9.53 Å². The van der Waals surface area contributed by atoms with Crippen molar-refractivity contribution in [3.05, 3.63) is 45.6 Å². The van der Waals surface area contributed by atoms with Gasteiger partial charge in [-0.25, -0.2) is 9.97 Å². The maximum absolute atomic E-state index is 12.8. The van der Waals surface area contributed by atoms with Gasteiger partial charge in [0.1, 0.15) is 22.2 Å². The molecule has 0 bridgehead atoms. The van der Waals surface area contributed by atoms with Crippen LogP contribution in [0.5, 0.6) is 5.75 Å². The van der Waals surface area contributed by atoms with E-state index < -0.39 is 0 Å². The number of ether oxygens (including phenoxy) is 1. The number of nitrogens with zero attached hydrogens (tertiary/aromatic N) is 4. The van der Waals surface area contributed by atoms with Crippen molar-refractivity contribution in [1.82, 2.24) is 14.9 Å². The van der Waals surface area contributed by atoms with Gasteiger partial charge in [0.25, 0.3) is 5.91 Å². The Hall–Kier alpha value is -2.38. The molecule has 1 aromatic carbocycles. The van der Waals surface area contributed by atoms with Crippen molar-refractivity contribution in [2.45, 2.75) is 51.9 Å². The van der Waals surface area contributed by atoms with Gasteiger partial charge < -0.3 is 14.5 Å². The fourth-order valence-electron chi connectivity index (χ4n) is 4.75. The third-order valence-corrected chi connectivity index (χ3v) is 8.12. The number of carbonyl (C=O) groups is 1. The van der Waals surface area contributed by atoms with Gasteiger partial charge in [-0.15, -0.1) is 11.3 Å². The number of hydrogen-bond acceptors (Lipinski definition) is 6. The van der Waals surface area contributed by atoms with Gasteiger partial charge in [-0.2, -0.15) is 0 Å². The molecule has 0 spiro atoms. The van der Waals surface area contributed by atoms with Crippen molar-refractivity contribution in [1.29, 1.82) is 0 Å². The molecule has 1 saturated heterocycles. The molecule has 5 rings (SSSR count). The fourth-order valence-corrected chi connectivity index (χ4v) is 6.14. The molecule has 0 unspecified atom stereocenters. The first-order chi connectivity index (χ1) is 16.5. The van der Waals surface area contributed by atoms with Crippen molar-refractivity contribution in [2.24, 2.45) is 0 Å². The molecule has 0 saturated carbocycles. The van der Waals surface area contributed by atoms with Gasteiger partial charge in [0, 0.05) is 42.0 Å². The second-order valence-electron chi connectivity index (χ2n) is 9.42. The topological polar surface area (TPSA) is 58.6 Å². The van der Waals surface area contributed by atoms with Crippen LogP contribution in [0.1, 0.15) is 55.3 Å². The number of piperazine rings is 1. The molecule has 1 aliphatic carbocycles. The van der Waals surface area contributed by atoms with E-state index in [1.807, 2.05) is 16.2 Å². The Morgan fingerprint density at radius 3 is 2.53 bits per heavy atom. The van der Waals surface area contributed by atoms with Gasteiger partial charge in [-0.3, -0.25) is 4.79 Å². The lowest BCUT2D eigenvalue weighted by molar-refractivity contribution is -0.133. The van der Waals surface area contributed by atoms with E-state index in [1.165, 1.54) is 35.1 Å². The lowest BCUT2D eigenvalue weighted by Gasteiger charge is -2.36. The molecule has 1 aliphatic heterocycles. The van der Waals surface area contributed by atoms with Crippen LogP contribution in [-0.2, 0) is 17.6 Å². The van der Waals surface area contributed by atoms with Crippen LogP contribution >= 0.6 is 22.9 Å². The first-order valence-electron chi connectivity index (χ1n) is 12.2. The summed E-state index contributed by atoms with van der Waals surface area (Å²) in [6.45, 7) is 7.20. The van der Waals surface area contributed by atoms with Gasteiger partial charge in [0.05, 0.1) is 5.39 Å². The number of aromatic nitrogens is 2. The molecule has 1 fully saturated rings. The molecule has 0 radical (unpaired) electrons. The molecule has 0 atom stereocenters. The van der Waals surface area contributed by atoms with E-state index in [1.54, 1.807) is 24.3 Å². The van der Waals surface area contributed by atoms with E-state index in [-0.39, 0.29) is 18.4 Å². The first-order valence-corrected chi connectivity index (χ1v) is 13.4. The summed E-state index contributed by atoms with van der Waals surface area (Å²) in [5, 5.41) is 1.91. The van der Waals surface area contributed by atoms with Gasteiger partial charge in [-0.1, -0.05) is 31.9 Å². The zero-order chi connectivity index (χ0) is 23.7. The Morgan fingerprint density at radius 1 is 1.06 bits per heavy atom. The van der Waals surface area contributed by atoms with E-state index in [0.717, 1.165) is 42.4 Å². The Balaban J connectivity index is 1.32. The lowest BCUT2D eigenvalue weighted by Crippen LogP contribution is -2.50. The molecule has 3 heterocycles. The SMILES string of the molecule is CC(C)c1nc(N2CCN(C(=O)COc3ccc(Cl)cc3)CC2)c2c3c(sc2n1)CCCCC3. The summed E-state index contributed by atoms with van der Waals surface area (Å²) in [6.07, 6.45) is 6.07. The Bertz CT molecular complexity index is 1170. The number of anilines is 1. The predicted octanol–water partition coefficient (Wildman–Crippen LogP) is 5.46. The summed E-state index contributed by atoms with van der Waals surface area (Å²) in [5.41, 5.74) is 1.47. The number of thiophene rings is 1. The largest absolute Gasteiger partial charge is 0.484 e. The number of benzene rings is 1. The second-order valence-corrected chi connectivity index (χ2v) is 10.9. The molecule has 2 aromatic heterocycles. The van der Waals surface area contributed by atoms with Gasteiger partial charge in [0.2, 0.25) is 0 Å². The second kappa shape index (κ2) is 10.1. The minimum absolute atomic E-state index is 0.00899. The van der Waals surface area contributed by atoms with Crippen LogP contribution in [0.3, 0.4) is 0 Å². The number of hydrogen-bond donors (Lipinski definition) is 0. The lowest BCUT2D eigenvalue weighted by atomic mass is 10.1. The van der Waals surface area contributed by atoms with Crippen molar-refractivity contribution in [3.63, 3.8) is 0 Å². The van der Waals surface area contributed by atoms with Crippen LogP contribution in [0.2, 0.25) is 5.02 Å². The first kappa shape index (κ1) is 23.4. The summed E-state index contributed by atoms with van der Waals surface area (Å²) in [5.74, 6) is 2.91. The fraction of sp³-hybridized carbons (Fsp3) is 0.500. The highest BCUT2D eigenvalue weighted by Gasteiger charge is 2.27. The maximum Gasteiger partial charge on any atom is 0.260 e. The van der Waals surface area contributed by atoms with Crippen LogP contribution in [0, 0.1) is 0 Å². The third-order valence-electron chi connectivity index (χ3n) is 6.69. The number of amides is 1. The van der Waals surface area contributed by atoms with Crippen LogP contribution in [-0.4, -0.2) is 53.6 Å². The molecule has 180 valence electrons. The molecule has 1 amide bonds. The van der Waals surface area contributed by atoms with Gasteiger partial charge in [-0.05, 0) is 55.5 Å². The standard InChI is InChI=1S/C26H31ClN4O2S/c1-17(2)24-28-25(23-20-6-4-3-5-7-21(20)34-26(23)29-24)31-14-12-30(13-15-31)22(32)16-33-19-10-8-18(27)9-11-19/h8-11,17H,3-7,12-16H2,1-2H3. The monoisotopic (exact) mass is 498 g/mol. The quantitative estimate of drug-likeness (QED) is 0.437. The van der Waals surface area contributed by atoms with Crippen molar-refractivity contribution >= 4 is 44.9 Å². The van der Waals surface area contributed by atoms with E-state index in [2.05, 4.69) is 18.7 Å². The van der Waals surface area contributed by atoms with Crippen LogP contribution < -0.4 is 9.64 Å². The zero-order valence-corrected chi connectivity index (χ0v) is 21.4. The molecular weight excluding hydrogens is 468 g/mol. The average Bonchev–Trinajstić information content (AvgIpc) is 3.03. The molecule has 3 aromatic rings. The minimum Gasteiger partial charge on any atom is -0.484 e. The maximum atomic E-state index is 12.8. The smallest absolute Gasteiger partial charge is 0.260 e. The van der Waals surface area contributed by atoms with Crippen molar-refractivity contribution in [3.8, 4) is 5.75 Å².